The van der Waals surface area contributed by atoms with Gasteiger partial charge in [0.15, 0.2) is 5.11 Å². The minimum absolute atomic E-state index is 0.308. The number of aromatic nitrogens is 1. The summed E-state index contributed by atoms with van der Waals surface area (Å²) in [4.78, 5) is 6.33. The fourth-order valence-electron chi connectivity index (χ4n) is 3.06. The van der Waals surface area contributed by atoms with Crippen molar-refractivity contribution in [1.29, 1.82) is 0 Å². The second-order valence-corrected chi connectivity index (χ2v) is 6.27. The van der Waals surface area contributed by atoms with Crippen LogP contribution in [0.25, 0.3) is 10.8 Å². The molecule has 0 aliphatic carbocycles. The molecule has 1 aliphatic heterocycles. The summed E-state index contributed by atoms with van der Waals surface area (Å²) < 4.78 is 0. The van der Waals surface area contributed by atoms with Crippen LogP contribution in [0.1, 0.15) is 11.6 Å². The van der Waals surface area contributed by atoms with Gasteiger partial charge in [0.05, 0.1) is 12.7 Å². The van der Waals surface area contributed by atoms with Gasteiger partial charge in [0.1, 0.15) is 0 Å². The Bertz CT molecular complexity index is 860. The molecule has 1 aromatic heterocycles. The number of nitrogens with one attached hydrogen (secondary N) is 2. The van der Waals surface area contributed by atoms with Crippen molar-refractivity contribution in [2.75, 3.05) is 18.5 Å². The third kappa shape index (κ3) is 2.96. The zero-order valence-electron chi connectivity index (χ0n) is 13.1. The maximum atomic E-state index is 5.62. The summed E-state index contributed by atoms with van der Waals surface area (Å²) in [6.45, 7) is 1.61. The smallest absolute Gasteiger partial charge is 0.174 e. The van der Waals surface area contributed by atoms with Gasteiger partial charge in [-0.2, -0.15) is 0 Å². The second kappa shape index (κ2) is 6.55. The van der Waals surface area contributed by atoms with Crippen molar-refractivity contribution in [2.45, 2.75) is 6.04 Å². The van der Waals surface area contributed by atoms with Crippen LogP contribution in [-0.4, -0.2) is 28.2 Å². The van der Waals surface area contributed by atoms with E-state index in [9.17, 15) is 0 Å². The molecule has 1 saturated heterocycles. The zero-order chi connectivity index (χ0) is 16.4. The lowest BCUT2D eigenvalue weighted by Crippen LogP contribution is -2.33. The molecule has 2 heterocycles. The zero-order valence-corrected chi connectivity index (χ0v) is 14.0. The van der Waals surface area contributed by atoms with Gasteiger partial charge in [0, 0.05) is 35.4 Å². The van der Waals surface area contributed by atoms with Crippen LogP contribution in [0.15, 0.2) is 67.0 Å². The van der Waals surface area contributed by atoms with Gasteiger partial charge in [0.2, 0.25) is 0 Å². The first kappa shape index (κ1) is 15.1. The lowest BCUT2D eigenvalue weighted by atomic mass is 10.1. The highest BCUT2D eigenvalue weighted by Gasteiger charge is 2.24. The van der Waals surface area contributed by atoms with Gasteiger partial charge in [-0.25, -0.2) is 0 Å². The molecular weight excluding hydrogens is 316 g/mol. The SMILES string of the molecule is S=C(Nc1cccc2cnccc12)N1CN[C@@H](c2ccccc2)C1. The van der Waals surface area contributed by atoms with Gasteiger partial charge in [-0.15, -0.1) is 0 Å². The van der Waals surface area contributed by atoms with Crippen LogP contribution >= 0.6 is 12.2 Å². The van der Waals surface area contributed by atoms with Crippen molar-refractivity contribution in [3.8, 4) is 0 Å². The summed E-state index contributed by atoms with van der Waals surface area (Å²) in [6.07, 6.45) is 3.67. The number of hydrogen-bond donors (Lipinski definition) is 2. The van der Waals surface area contributed by atoms with Crippen LogP contribution in [0, 0.1) is 0 Å². The third-order valence-corrected chi connectivity index (χ3v) is 4.70. The number of anilines is 1. The Morgan fingerprint density at radius 1 is 1.12 bits per heavy atom. The van der Waals surface area contributed by atoms with Crippen molar-refractivity contribution in [2.24, 2.45) is 0 Å². The van der Waals surface area contributed by atoms with Crippen molar-refractivity contribution in [3.63, 3.8) is 0 Å². The van der Waals surface area contributed by atoms with E-state index in [1.165, 1.54) is 5.56 Å². The minimum atomic E-state index is 0.308. The van der Waals surface area contributed by atoms with Crippen LogP contribution in [0.4, 0.5) is 5.69 Å². The summed E-state index contributed by atoms with van der Waals surface area (Å²) in [5.41, 5.74) is 2.31. The molecule has 0 unspecified atom stereocenters. The standard InChI is InChI=1S/C19H18N4S/c24-19(22-17-8-4-7-15-11-20-10-9-16(15)17)23-12-18(21-13-23)14-5-2-1-3-6-14/h1-11,18,21H,12-13H2,(H,22,24)/t18-/m1/s1. The quantitative estimate of drug-likeness (QED) is 0.702. The number of fused-ring (bicyclic) bond motifs is 1. The molecule has 120 valence electrons. The van der Waals surface area contributed by atoms with Crippen molar-refractivity contribution in [3.05, 3.63) is 72.6 Å². The molecule has 4 rings (SSSR count). The first-order valence-corrected chi connectivity index (χ1v) is 8.39. The summed E-state index contributed by atoms with van der Waals surface area (Å²) >= 11 is 5.62. The minimum Gasteiger partial charge on any atom is -0.334 e. The van der Waals surface area contributed by atoms with Gasteiger partial charge in [0.25, 0.3) is 0 Å². The second-order valence-electron chi connectivity index (χ2n) is 5.88. The molecule has 5 heteroatoms. The Balaban J connectivity index is 1.49. The Morgan fingerprint density at radius 2 is 2.00 bits per heavy atom. The third-order valence-electron chi connectivity index (χ3n) is 4.34. The molecule has 4 nitrogen and oxygen atoms in total. The lowest BCUT2D eigenvalue weighted by molar-refractivity contribution is 0.514. The molecule has 1 aliphatic rings. The lowest BCUT2D eigenvalue weighted by Gasteiger charge is -2.20. The number of nitrogens with zero attached hydrogens (tertiary/aromatic N) is 2. The maximum Gasteiger partial charge on any atom is 0.174 e. The summed E-state index contributed by atoms with van der Waals surface area (Å²) in [7, 11) is 0. The van der Waals surface area contributed by atoms with E-state index in [1.54, 1.807) is 6.20 Å². The van der Waals surface area contributed by atoms with Gasteiger partial charge in [-0.3, -0.25) is 10.3 Å². The van der Waals surface area contributed by atoms with Gasteiger partial charge in [-0.05, 0) is 29.9 Å². The average Bonchev–Trinajstić information content (AvgIpc) is 3.13. The Kier molecular flexibility index (Phi) is 4.11. The largest absolute Gasteiger partial charge is 0.334 e. The van der Waals surface area contributed by atoms with E-state index >= 15 is 0 Å². The van der Waals surface area contributed by atoms with Crippen LogP contribution in [-0.2, 0) is 0 Å². The normalized spacial score (nSPS) is 17.2. The first-order chi connectivity index (χ1) is 11.8. The topological polar surface area (TPSA) is 40.2 Å². The molecule has 2 N–H and O–H groups in total. The number of benzene rings is 2. The Labute approximate surface area is 146 Å². The van der Waals surface area contributed by atoms with E-state index < -0.39 is 0 Å². The summed E-state index contributed by atoms with van der Waals surface area (Å²) in [5, 5.41) is 9.87. The van der Waals surface area contributed by atoms with Crippen molar-refractivity contribution in [1.82, 2.24) is 15.2 Å². The number of hydrogen-bond acceptors (Lipinski definition) is 3. The highest BCUT2D eigenvalue weighted by Crippen LogP contribution is 2.24. The molecule has 24 heavy (non-hydrogen) atoms. The molecule has 2 aromatic carbocycles. The molecule has 1 atom stereocenters. The molecule has 0 spiro atoms. The van der Waals surface area contributed by atoms with E-state index in [-0.39, 0.29) is 0 Å². The fraction of sp³-hybridized carbons (Fsp3) is 0.158. The molecule has 1 fully saturated rings. The predicted molar refractivity (Wildman–Crippen MR) is 102 cm³/mol. The number of pyridine rings is 1. The van der Waals surface area contributed by atoms with E-state index in [4.69, 9.17) is 12.2 Å². The molecular formula is C19H18N4S. The number of thiocarbonyl (C=S) groups is 1. The van der Waals surface area contributed by atoms with Crippen LogP contribution in [0.3, 0.4) is 0 Å². The molecule has 3 aromatic rings. The predicted octanol–water partition coefficient (Wildman–Crippen LogP) is 3.54. The van der Waals surface area contributed by atoms with E-state index in [0.29, 0.717) is 6.04 Å². The molecule has 0 saturated carbocycles. The van der Waals surface area contributed by atoms with Crippen LogP contribution in [0.2, 0.25) is 0 Å². The summed E-state index contributed by atoms with van der Waals surface area (Å²) in [5.74, 6) is 0. The molecule has 0 radical (unpaired) electrons. The van der Waals surface area contributed by atoms with Crippen LogP contribution in [0.5, 0.6) is 0 Å². The average molecular weight is 334 g/mol. The van der Waals surface area contributed by atoms with Gasteiger partial charge in [-0.1, -0.05) is 42.5 Å². The number of rotatable bonds is 2. The van der Waals surface area contributed by atoms with Gasteiger partial charge < -0.3 is 10.2 Å². The van der Waals surface area contributed by atoms with Crippen LogP contribution < -0.4 is 10.6 Å². The monoisotopic (exact) mass is 334 g/mol. The van der Waals surface area contributed by atoms with Crippen molar-refractivity contribution >= 4 is 33.8 Å². The Hall–Kier alpha value is -2.50. The molecule has 0 bridgehead atoms. The van der Waals surface area contributed by atoms with E-state index in [2.05, 4.69) is 50.8 Å². The van der Waals surface area contributed by atoms with Crippen molar-refractivity contribution < 1.29 is 0 Å². The first-order valence-electron chi connectivity index (χ1n) is 7.98. The highest BCUT2D eigenvalue weighted by atomic mass is 32.1. The Morgan fingerprint density at radius 3 is 2.88 bits per heavy atom. The molecule has 0 amide bonds. The van der Waals surface area contributed by atoms with E-state index in [1.807, 2.05) is 30.5 Å². The maximum absolute atomic E-state index is 5.62. The summed E-state index contributed by atoms with van der Waals surface area (Å²) in [6, 6.07) is 18.9. The fourth-order valence-corrected chi connectivity index (χ4v) is 3.31. The highest BCUT2D eigenvalue weighted by molar-refractivity contribution is 7.80. The van der Waals surface area contributed by atoms with Gasteiger partial charge >= 0.3 is 0 Å². The van der Waals surface area contributed by atoms with E-state index in [0.717, 1.165) is 34.8 Å².